The van der Waals surface area contributed by atoms with E-state index in [0.717, 1.165) is 12.8 Å². The summed E-state index contributed by atoms with van der Waals surface area (Å²) in [7, 11) is 0. The second-order valence-electron chi connectivity index (χ2n) is 2.01. The van der Waals surface area contributed by atoms with E-state index in [2.05, 4.69) is 24.3 Å². The fraction of sp³-hybridized carbons (Fsp3) is 0.200. The van der Waals surface area contributed by atoms with Crippen LogP contribution in [0, 0.1) is 12.2 Å². The van der Waals surface area contributed by atoms with Crippen LogP contribution in [0.3, 0.4) is 0 Å². The maximum atomic E-state index is 2.99. The number of hydrogen-bond donors (Lipinski definition) is 0. The van der Waals surface area contributed by atoms with Gasteiger partial charge in [0.15, 0.2) is 0 Å². The molecule has 2 aliphatic rings. The maximum absolute atomic E-state index is 2.99. The Morgan fingerprint density at radius 2 is 1.15 bits per heavy atom. The van der Waals surface area contributed by atoms with Crippen molar-refractivity contribution in [3.8, 4) is 0 Å². The minimum Gasteiger partial charge on any atom is -0.273 e. The molecule has 13 heavy (non-hydrogen) atoms. The van der Waals surface area contributed by atoms with Crippen molar-refractivity contribution in [2.75, 3.05) is 0 Å². The molecule has 0 bridgehead atoms. The molecule has 0 heterocycles. The van der Waals surface area contributed by atoms with Crippen molar-refractivity contribution < 1.29 is 21.1 Å². The summed E-state index contributed by atoms with van der Waals surface area (Å²) in [5.74, 6) is 0. The van der Waals surface area contributed by atoms with E-state index in [4.69, 9.17) is 0 Å². The van der Waals surface area contributed by atoms with Gasteiger partial charge in [0, 0.05) is 0 Å². The van der Waals surface area contributed by atoms with Crippen molar-refractivity contribution in [1.82, 2.24) is 0 Å². The second kappa shape index (κ2) is 14.7. The van der Waals surface area contributed by atoms with Gasteiger partial charge < -0.3 is 0 Å². The molecule has 0 aromatic rings. The molecule has 0 aliphatic heterocycles. The summed E-state index contributed by atoms with van der Waals surface area (Å²) >= 11 is 0. The fourth-order valence-electron chi connectivity index (χ4n) is 0.680. The molecule has 2 rings (SSSR count). The minimum atomic E-state index is 0. The topological polar surface area (TPSA) is 0 Å². The Bertz CT molecular complexity index is 151. The van der Waals surface area contributed by atoms with E-state index < -0.39 is 0 Å². The van der Waals surface area contributed by atoms with Crippen LogP contribution in [0.5, 0.6) is 0 Å². The molecule has 0 amide bonds. The summed E-state index contributed by atoms with van der Waals surface area (Å²) in [6.07, 6.45) is 20.0. The Hall–Kier alpha value is 0.228. The van der Waals surface area contributed by atoms with Gasteiger partial charge in [-0.3, -0.25) is 12.2 Å². The van der Waals surface area contributed by atoms with Crippen molar-refractivity contribution >= 4 is 24.8 Å². The van der Waals surface area contributed by atoms with Crippen LogP contribution in [0.2, 0.25) is 0 Å². The van der Waals surface area contributed by atoms with Crippen molar-refractivity contribution in [2.45, 2.75) is 12.8 Å². The average Bonchev–Trinajstić information content (AvgIpc) is 2.67. The number of rotatable bonds is 0. The fourth-order valence-corrected chi connectivity index (χ4v) is 0.680. The zero-order valence-electron chi connectivity index (χ0n) is 7.10. The molecule has 0 spiro atoms. The SMILES string of the molecule is Cl.Cl.[C-]1=CC=CC1.[C-]1=CC=CC1.[Mo+2]. The molecule has 0 saturated heterocycles. The molecular weight excluding hydrogens is 287 g/mol. The third-order valence-electron chi connectivity index (χ3n) is 1.17. The molecular formula is C10H12Cl2Mo. The molecule has 2 aliphatic carbocycles. The van der Waals surface area contributed by atoms with Crippen LogP contribution in [-0.2, 0) is 21.1 Å². The average molecular weight is 299 g/mol. The third-order valence-corrected chi connectivity index (χ3v) is 1.17. The molecule has 0 aromatic heterocycles. The normalized spacial score (nSPS) is 13.5. The van der Waals surface area contributed by atoms with Gasteiger partial charge in [0.1, 0.15) is 0 Å². The molecule has 72 valence electrons. The Balaban J connectivity index is -0.000000125. The first-order chi connectivity index (χ1) is 5.00. The van der Waals surface area contributed by atoms with Gasteiger partial charge in [-0.05, 0) is 0 Å². The summed E-state index contributed by atoms with van der Waals surface area (Å²) < 4.78 is 0. The molecule has 3 heteroatoms. The molecule has 0 aromatic carbocycles. The van der Waals surface area contributed by atoms with Crippen molar-refractivity contribution in [3.05, 3.63) is 48.6 Å². The van der Waals surface area contributed by atoms with Gasteiger partial charge >= 0.3 is 21.1 Å². The van der Waals surface area contributed by atoms with E-state index in [1.165, 1.54) is 0 Å². The molecule has 0 fully saturated rings. The van der Waals surface area contributed by atoms with Crippen molar-refractivity contribution in [1.29, 1.82) is 0 Å². The van der Waals surface area contributed by atoms with Crippen molar-refractivity contribution in [3.63, 3.8) is 0 Å². The van der Waals surface area contributed by atoms with E-state index in [1.54, 1.807) is 0 Å². The zero-order chi connectivity index (χ0) is 7.07. The van der Waals surface area contributed by atoms with Crippen LogP contribution in [0.25, 0.3) is 0 Å². The van der Waals surface area contributed by atoms with Crippen LogP contribution >= 0.6 is 24.8 Å². The predicted molar refractivity (Wildman–Crippen MR) is 57.6 cm³/mol. The van der Waals surface area contributed by atoms with E-state index in [1.807, 2.05) is 24.3 Å². The molecule has 0 nitrogen and oxygen atoms in total. The number of halogens is 2. The quantitative estimate of drug-likeness (QED) is 0.475. The van der Waals surface area contributed by atoms with Crippen LogP contribution in [0.1, 0.15) is 12.8 Å². The summed E-state index contributed by atoms with van der Waals surface area (Å²) in [5.41, 5.74) is 0. The first kappa shape index (κ1) is 18.9. The number of allylic oxidation sites excluding steroid dienone is 8. The van der Waals surface area contributed by atoms with E-state index >= 15 is 0 Å². The first-order valence-corrected chi connectivity index (χ1v) is 3.43. The Morgan fingerprint density at radius 3 is 1.23 bits per heavy atom. The van der Waals surface area contributed by atoms with Gasteiger partial charge in [-0.15, -0.1) is 37.7 Å². The van der Waals surface area contributed by atoms with Crippen LogP contribution in [0.4, 0.5) is 0 Å². The summed E-state index contributed by atoms with van der Waals surface area (Å²) in [6.45, 7) is 0. The maximum Gasteiger partial charge on any atom is 2.00 e. The van der Waals surface area contributed by atoms with E-state index in [9.17, 15) is 0 Å². The molecule has 0 saturated carbocycles. The van der Waals surface area contributed by atoms with Gasteiger partial charge in [-0.1, -0.05) is 0 Å². The predicted octanol–water partition coefficient (Wildman–Crippen LogP) is 3.45. The Kier molecular flexibility index (Phi) is 21.4. The Labute approximate surface area is 107 Å². The van der Waals surface area contributed by atoms with Gasteiger partial charge in [-0.25, -0.2) is 24.3 Å². The monoisotopic (exact) mass is 300 g/mol. The van der Waals surface area contributed by atoms with E-state index in [0.29, 0.717) is 0 Å². The molecule has 0 atom stereocenters. The van der Waals surface area contributed by atoms with Crippen LogP contribution < -0.4 is 0 Å². The van der Waals surface area contributed by atoms with Gasteiger partial charge in [0.2, 0.25) is 0 Å². The zero-order valence-corrected chi connectivity index (χ0v) is 10.7. The van der Waals surface area contributed by atoms with Crippen LogP contribution in [-0.4, -0.2) is 0 Å². The van der Waals surface area contributed by atoms with Gasteiger partial charge in [0.05, 0.1) is 0 Å². The van der Waals surface area contributed by atoms with Gasteiger partial charge in [-0.2, -0.15) is 12.2 Å². The van der Waals surface area contributed by atoms with Crippen molar-refractivity contribution in [2.24, 2.45) is 0 Å². The summed E-state index contributed by atoms with van der Waals surface area (Å²) in [6, 6.07) is 0. The largest absolute Gasteiger partial charge is 2.00 e. The standard InChI is InChI=1S/2C5H5.2ClH.Mo/c2*1-2-4-5-3-1;;;/h2*1-3H,4H2;2*1H;/q2*-1;;;+2. The number of hydrogen-bond acceptors (Lipinski definition) is 0. The minimum absolute atomic E-state index is 0. The Morgan fingerprint density at radius 1 is 0.769 bits per heavy atom. The second-order valence-corrected chi connectivity index (χ2v) is 2.01. The molecule has 0 radical (unpaired) electrons. The smallest absolute Gasteiger partial charge is 0.273 e. The molecule has 0 unspecified atom stereocenters. The van der Waals surface area contributed by atoms with Crippen LogP contribution in [0.15, 0.2) is 36.5 Å². The molecule has 0 N–H and O–H groups in total. The van der Waals surface area contributed by atoms with E-state index in [-0.39, 0.29) is 45.9 Å². The summed E-state index contributed by atoms with van der Waals surface area (Å²) in [5, 5.41) is 0. The first-order valence-electron chi connectivity index (χ1n) is 3.43. The van der Waals surface area contributed by atoms with Gasteiger partial charge in [0.25, 0.3) is 0 Å². The third kappa shape index (κ3) is 12.2. The summed E-state index contributed by atoms with van der Waals surface area (Å²) in [4.78, 5) is 0.